The van der Waals surface area contributed by atoms with Crippen LogP contribution in [0.15, 0.2) is 24.3 Å². The zero-order chi connectivity index (χ0) is 14.4. The first-order chi connectivity index (χ1) is 9.68. The Bertz CT molecular complexity index is 442. The zero-order valence-corrected chi connectivity index (χ0v) is 12.2. The second-order valence-corrected chi connectivity index (χ2v) is 5.78. The molecule has 1 saturated carbocycles. The second-order valence-electron chi connectivity index (χ2n) is 5.78. The van der Waals surface area contributed by atoms with Crippen LogP contribution in [0.5, 0.6) is 0 Å². The molecular weight excluding hydrogens is 252 g/mol. The van der Waals surface area contributed by atoms with E-state index in [1.54, 1.807) is 12.1 Å². The Morgan fingerprint density at radius 1 is 1.30 bits per heavy atom. The van der Waals surface area contributed by atoms with Gasteiger partial charge in [0, 0.05) is 17.7 Å². The molecule has 20 heavy (non-hydrogen) atoms. The topological polar surface area (TPSA) is 55.2 Å². The molecule has 0 amide bonds. The number of benzene rings is 1. The minimum absolute atomic E-state index is 0.236. The van der Waals surface area contributed by atoms with E-state index in [2.05, 4.69) is 12.2 Å². The van der Waals surface area contributed by atoms with Crippen LogP contribution in [0.3, 0.4) is 0 Å². The van der Waals surface area contributed by atoms with Crippen molar-refractivity contribution in [1.82, 2.24) is 5.32 Å². The van der Waals surface area contributed by atoms with Crippen molar-refractivity contribution in [3.05, 3.63) is 39.9 Å². The SMILES string of the molecule is CC(NCCc1ccccc1[N+](=O)[O-])C1CCCCC1. The van der Waals surface area contributed by atoms with Crippen molar-refractivity contribution in [2.45, 2.75) is 51.5 Å². The van der Waals surface area contributed by atoms with Gasteiger partial charge in [0.05, 0.1) is 4.92 Å². The molecule has 0 spiro atoms. The average Bonchev–Trinajstić information content (AvgIpc) is 2.48. The van der Waals surface area contributed by atoms with E-state index in [1.807, 2.05) is 12.1 Å². The molecule has 1 aliphatic carbocycles. The molecule has 2 rings (SSSR count). The van der Waals surface area contributed by atoms with E-state index in [9.17, 15) is 10.1 Å². The van der Waals surface area contributed by atoms with Crippen molar-refractivity contribution in [3.8, 4) is 0 Å². The number of rotatable bonds is 6. The van der Waals surface area contributed by atoms with Crippen LogP contribution in [-0.2, 0) is 6.42 Å². The number of nitrogens with zero attached hydrogens (tertiary/aromatic N) is 1. The molecule has 110 valence electrons. The molecular formula is C16H24N2O2. The van der Waals surface area contributed by atoms with Gasteiger partial charge in [-0.05, 0) is 38.6 Å². The van der Waals surface area contributed by atoms with E-state index in [0.717, 1.165) is 18.0 Å². The van der Waals surface area contributed by atoms with Crippen molar-refractivity contribution in [2.24, 2.45) is 5.92 Å². The molecule has 1 aromatic carbocycles. The molecule has 0 bridgehead atoms. The summed E-state index contributed by atoms with van der Waals surface area (Å²) in [4.78, 5) is 10.7. The number of nitrogens with one attached hydrogen (secondary N) is 1. The van der Waals surface area contributed by atoms with Gasteiger partial charge in [-0.25, -0.2) is 0 Å². The Morgan fingerprint density at radius 2 is 2.00 bits per heavy atom. The highest BCUT2D eigenvalue weighted by molar-refractivity contribution is 5.39. The van der Waals surface area contributed by atoms with Crippen LogP contribution in [0.1, 0.15) is 44.6 Å². The smallest absolute Gasteiger partial charge is 0.272 e. The molecule has 0 heterocycles. The Balaban J connectivity index is 1.82. The fourth-order valence-electron chi connectivity index (χ4n) is 3.14. The largest absolute Gasteiger partial charge is 0.314 e. The normalized spacial score (nSPS) is 17.9. The van der Waals surface area contributed by atoms with Gasteiger partial charge in [-0.3, -0.25) is 10.1 Å². The van der Waals surface area contributed by atoms with Crippen LogP contribution in [0.4, 0.5) is 5.69 Å². The van der Waals surface area contributed by atoms with Crippen molar-refractivity contribution >= 4 is 5.69 Å². The third-order valence-corrected chi connectivity index (χ3v) is 4.41. The molecule has 0 radical (unpaired) electrons. The first-order valence-corrected chi connectivity index (χ1v) is 7.64. The van der Waals surface area contributed by atoms with Crippen LogP contribution in [0.2, 0.25) is 0 Å². The van der Waals surface area contributed by atoms with Crippen LogP contribution in [0, 0.1) is 16.0 Å². The predicted octanol–water partition coefficient (Wildman–Crippen LogP) is 3.70. The third-order valence-electron chi connectivity index (χ3n) is 4.41. The quantitative estimate of drug-likeness (QED) is 0.636. The summed E-state index contributed by atoms with van der Waals surface area (Å²) in [5, 5.41) is 14.5. The summed E-state index contributed by atoms with van der Waals surface area (Å²) in [6.07, 6.45) is 7.43. The number of nitro groups is 1. The van der Waals surface area contributed by atoms with Gasteiger partial charge in [0.15, 0.2) is 0 Å². The average molecular weight is 276 g/mol. The third kappa shape index (κ3) is 4.04. The minimum Gasteiger partial charge on any atom is -0.314 e. The van der Waals surface area contributed by atoms with E-state index in [-0.39, 0.29) is 10.6 Å². The number of hydrogen-bond donors (Lipinski definition) is 1. The van der Waals surface area contributed by atoms with Gasteiger partial charge < -0.3 is 5.32 Å². The minimum atomic E-state index is -0.292. The standard InChI is InChI=1S/C16H24N2O2/c1-13(14-7-3-2-4-8-14)17-12-11-15-9-5-6-10-16(15)18(19)20/h5-6,9-10,13-14,17H,2-4,7-8,11-12H2,1H3. The molecule has 4 nitrogen and oxygen atoms in total. The van der Waals surface area contributed by atoms with Gasteiger partial charge in [-0.2, -0.15) is 0 Å². The summed E-state index contributed by atoms with van der Waals surface area (Å²) in [6.45, 7) is 3.05. The van der Waals surface area contributed by atoms with E-state index in [4.69, 9.17) is 0 Å². The Kier molecular flexibility index (Phi) is 5.53. The molecule has 4 heteroatoms. The lowest BCUT2D eigenvalue weighted by Crippen LogP contribution is -2.35. The van der Waals surface area contributed by atoms with Crippen LogP contribution in [0.25, 0.3) is 0 Å². The van der Waals surface area contributed by atoms with Crippen molar-refractivity contribution in [1.29, 1.82) is 0 Å². The van der Waals surface area contributed by atoms with Gasteiger partial charge in [-0.1, -0.05) is 37.5 Å². The lowest BCUT2D eigenvalue weighted by Gasteiger charge is -2.28. The van der Waals surface area contributed by atoms with E-state index in [0.29, 0.717) is 12.5 Å². The van der Waals surface area contributed by atoms with E-state index >= 15 is 0 Å². The van der Waals surface area contributed by atoms with Gasteiger partial charge in [0.2, 0.25) is 0 Å². The highest BCUT2D eigenvalue weighted by atomic mass is 16.6. The van der Waals surface area contributed by atoms with Crippen LogP contribution in [-0.4, -0.2) is 17.5 Å². The van der Waals surface area contributed by atoms with Gasteiger partial charge >= 0.3 is 0 Å². The maximum Gasteiger partial charge on any atom is 0.272 e. The number of nitro benzene ring substituents is 1. The summed E-state index contributed by atoms with van der Waals surface area (Å²) < 4.78 is 0. The molecule has 0 aromatic heterocycles. The fraction of sp³-hybridized carbons (Fsp3) is 0.625. The molecule has 0 saturated heterocycles. The predicted molar refractivity (Wildman–Crippen MR) is 80.8 cm³/mol. The zero-order valence-electron chi connectivity index (χ0n) is 12.2. The highest BCUT2D eigenvalue weighted by Crippen LogP contribution is 2.26. The number of hydrogen-bond acceptors (Lipinski definition) is 3. The molecule has 0 aliphatic heterocycles. The molecule has 1 aliphatic rings. The van der Waals surface area contributed by atoms with Crippen LogP contribution < -0.4 is 5.32 Å². The van der Waals surface area contributed by atoms with Gasteiger partial charge in [-0.15, -0.1) is 0 Å². The first-order valence-electron chi connectivity index (χ1n) is 7.64. The van der Waals surface area contributed by atoms with Crippen LogP contribution >= 0.6 is 0 Å². The second kappa shape index (κ2) is 7.39. The lowest BCUT2D eigenvalue weighted by molar-refractivity contribution is -0.385. The molecule has 1 atom stereocenters. The molecule has 1 fully saturated rings. The summed E-state index contributed by atoms with van der Waals surface area (Å²) in [5.41, 5.74) is 1.06. The lowest BCUT2D eigenvalue weighted by atomic mass is 9.84. The van der Waals surface area contributed by atoms with Gasteiger partial charge in [0.25, 0.3) is 5.69 Å². The maximum absolute atomic E-state index is 11.0. The molecule has 1 unspecified atom stereocenters. The Labute approximate surface area is 120 Å². The maximum atomic E-state index is 11.0. The van der Waals surface area contributed by atoms with Crippen molar-refractivity contribution < 1.29 is 4.92 Å². The fourth-order valence-corrected chi connectivity index (χ4v) is 3.14. The highest BCUT2D eigenvalue weighted by Gasteiger charge is 2.19. The Morgan fingerprint density at radius 3 is 2.70 bits per heavy atom. The monoisotopic (exact) mass is 276 g/mol. The molecule has 1 N–H and O–H groups in total. The summed E-state index contributed by atoms with van der Waals surface area (Å²) >= 11 is 0. The van der Waals surface area contributed by atoms with E-state index < -0.39 is 0 Å². The number of para-hydroxylation sites is 1. The summed E-state index contributed by atoms with van der Waals surface area (Å²) in [7, 11) is 0. The first kappa shape index (κ1) is 15.0. The summed E-state index contributed by atoms with van der Waals surface area (Å²) in [5.74, 6) is 0.773. The Hall–Kier alpha value is -1.42. The van der Waals surface area contributed by atoms with Gasteiger partial charge in [0.1, 0.15) is 0 Å². The van der Waals surface area contributed by atoms with E-state index in [1.165, 1.54) is 32.1 Å². The summed E-state index contributed by atoms with van der Waals surface area (Å²) in [6, 6.07) is 7.54. The molecule has 1 aromatic rings. The van der Waals surface area contributed by atoms with Crippen molar-refractivity contribution in [3.63, 3.8) is 0 Å². The van der Waals surface area contributed by atoms with Crippen molar-refractivity contribution in [2.75, 3.05) is 6.54 Å².